The molecular formula is C12H20N4O2. The number of Topliss-reactive ketones (excluding diaryl/α,β-unsaturated/α-hetero) is 1. The van der Waals surface area contributed by atoms with Crippen molar-refractivity contribution in [2.75, 3.05) is 13.2 Å². The summed E-state index contributed by atoms with van der Waals surface area (Å²) >= 11 is 0. The van der Waals surface area contributed by atoms with Gasteiger partial charge >= 0.3 is 0 Å². The molecule has 1 atom stereocenters. The molecule has 3 N–H and O–H groups in total. The lowest BCUT2D eigenvalue weighted by atomic mass is 9.97. The van der Waals surface area contributed by atoms with Crippen LogP contribution in [0.2, 0.25) is 0 Å². The molecule has 100 valence electrons. The number of carbonyl (C=O) groups is 2. The molecule has 0 saturated heterocycles. The van der Waals surface area contributed by atoms with E-state index < -0.39 is 6.04 Å². The van der Waals surface area contributed by atoms with Gasteiger partial charge in [0.05, 0.1) is 11.8 Å². The summed E-state index contributed by atoms with van der Waals surface area (Å²) in [5.74, 6) is -0.331. The van der Waals surface area contributed by atoms with E-state index in [0.29, 0.717) is 13.1 Å². The van der Waals surface area contributed by atoms with Crippen molar-refractivity contribution < 1.29 is 9.59 Å². The fraction of sp³-hybridized carbons (Fsp3) is 0.667. The molecule has 1 rings (SSSR count). The van der Waals surface area contributed by atoms with Crippen molar-refractivity contribution in [2.45, 2.75) is 32.7 Å². The Morgan fingerprint density at radius 3 is 2.72 bits per heavy atom. The number of hydrogen-bond acceptors (Lipinski definition) is 5. The molecule has 0 saturated carbocycles. The van der Waals surface area contributed by atoms with Crippen LogP contribution in [0.1, 0.15) is 26.7 Å². The molecule has 0 radical (unpaired) electrons. The number of ketones is 1. The van der Waals surface area contributed by atoms with E-state index in [-0.39, 0.29) is 30.6 Å². The Hall–Kier alpha value is -1.56. The minimum absolute atomic E-state index is 0.00312. The lowest BCUT2D eigenvalue weighted by Crippen LogP contribution is -2.44. The number of amides is 1. The molecule has 0 aromatic carbocycles. The Labute approximate surface area is 107 Å². The maximum atomic E-state index is 12.0. The Morgan fingerprint density at radius 1 is 1.50 bits per heavy atom. The van der Waals surface area contributed by atoms with Gasteiger partial charge in [-0.2, -0.15) is 0 Å². The molecule has 0 aliphatic carbocycles. The van der Waals surface area contributed by atoms with Crippen LogP contribution in [0.3, 0.4) is 0 Å². The lowest BCUT2D eigenvalue weighted by molar-refractivity contribution is -0.129. The van der Waals surface area contributed by atoms with E-state index in [0.717, 1.165) is 5.71 Å². The molecule has 6 nitrogen and oxygen atoms in total. The zero-order valence-corrected chi connectivity index (χ0v) is 10.8. The standard InChI is InChI=1S/C12H20N4O2/c1-8(2)12(18)10(16-11(17)3-4-13)5-9-6-14-7-15-9/h6,8,10H,3-5,7,13H2,1-2H3,(H,16,17). The Morgan fingerprint density at radius 2 is 2.22 bits per heavy atom. The van der Waals surface area contributed by atoms with Crippen LogP contribution in [0.5, 0.6) is 0 Å². The summed E-state index contributed by atoms with van der Waals surface area (Å²) in [7, 11) is 0. The summed E-state index contributed by atoms with van der Waals surface area (Å²) in [6.07, 6.45) is 2.27. The van der Waals surface area contributed by atoms with Crippen molar-refractivity contribution in [3.63, 3.8) is 0 Å². The summed E-state index contributed by atoms with van der Waals surface area (Å²) in [6.45, 7) is 4.31. The first-order valence-electron chi connectivity index (χ1n) is 6.11. The van der Waals surface area contributed by atoms with Crippen molar-refractivity contribution in [1.29, 1.82) is 0 Å². The lowest BCUT2D eigenvalue weighted by Gasteiger charge is -2.19. The van der Waals surface area contributed by atoms with Crippen molar-refractivity contribution in [3.05, 3.63) is 0 Å². The van der Waals surface area contributed by atoms with Crippen LogP contribution >= 0.6 is 0 Å². The molecule has 18 heavy (non-hydrogen) atoms. The highest BCUT2D eigenvalue weighted by molar-refractivity contribution is 6.32. The van der Waals surface area contributed by atoms with Crippen LogP contribution in [-0.2, 0) is 9.59 Å². The number of nitrogens with zero attached hydrogens (tertiary/aromatic N) is 2. The van der Waals surface area contributed by atoms with Gasteiger partial charge in [0.1, 0.15) is 6.67 Å². The molecule has 0 bridgehead atoms. The smallest absolute Gasteiger partial charge is 0.221 e. The molecule has 0 spiro atoms. The zero-order chi connectivity index (χ0) is 13.5. The van der Waals surface area contributed by atoms with Gasteiger partial charge in [0.15, 0.2) is 5.78 Å². The van der Waals surface area contributed by atoms with Crippen molar-refractivity contribution in [3.8, 4) is 0 Å². The number of rotatable bonds is 7. The van der Waals surface area contributed by atoms with Crippen molar-refractivity contribution in [1.82, 2.24) is 5.32 Å². The molecular weight excluding hydrogens is 232 g/mol. The van der Waals surface area contributed by atoms with Crippen LogP contribution in [0, 0.1) is 5.92 Å². The first kappa shape index (κ1) is 14.5. The first-order chi connectivity index (χ1) is 8.54. The normalized spacial score (nSPS) is 15.7. The van der Waals surface area contributed by atoms with E-state index in [1.54, 1.807) is 6.21 Å². The van der Waals surface area contributed by atoms with E-state index in [9.17, 15) is 9.59 Å². The average molecular weight is 252 g/mol. The van der Waals surface area contributed by atoms with E-state index in [4.69, 9.17) is 5.73 Å². The molecule has 6 heteroatoms. The van der Waals surface area contributed by atoms with Crippen LogP contribution < -0.4 is 11.1 Å². The molecule has 1 aliphatic heterocycles. The molecule has 0 fully saturated rings. The van der Waals surface area contributed by atoms with Crippen LogP contribution in [-0.4, -0.2) is 42.9 Å². The maximum absolute atomic E-state index is 12.0. The molecule has 1 amide bonds. The predicted octanol–water partition coefficient (Wildman–Crippen LogP) is -0.0819. The summed E-state index contributed by atoms with van der Waals surface area (Å²) in [4.78, 5) is 31.7. The maximum Gasteiger partial charge on any atom is 0.221 e. The second kappa shape index (κ2) is 7.00. The second-order valence-electron chi connectivity index (χ2n) is 4.52. The minimum atomic E-state index is -0.535. The van der Waals surface area contributed by atoms with Crippen LogP contribution in [0.25, 0.3) is 0 Å². The average Bonchev–Trinajstić information content (AvgIpc) is 2.80. The highest BCUT2D eigenvalue weighted by Crippen LogP contribution is 2.07. The Bertz CT molecular complexity index is 374. The van der Waals surface area contributed by atoms with Gasteiger partial charge in [-0.25, -0.2) is 0 Å². The van der Waals surface area contributed by atoms with Gasteiger partial charge in [-0.3, -0.25) is 19.6 Å². The quantitative estimate of drug-likeness (QED) is 0.663. The van der Waals surface area contributed by atoms with Gasteiger partial charge in [-0.05, 0) is 0 Å². The molecule has 1 aliphatic rings. The number of carbonyl (C=O) groups excluding carboxylic acids is 2. The summed E-state index contributed by atoms with van der Waals surface area (Å²) in [5.41, 5.74) is 6.07. The highest BCUT2D eigenvalue weighted by Gasteiger charge is 2.24. The zero-order valence-electron chi connectivity index (χ0n) is 10.8. The van der Waals surface area contributed by atoms with E-state index >= 15 is 0 Å². The topological polar surface area (TPSA) is 96.9 Å². The minimum Gasteiger partial charge on any atom is -0.346 e. The van der Waals surface area contributed by atoms with Crippen molar-refractivity contribution in [2.24, 2.45) is 21.6 Å². The number of aliphatic imine (C=N–C) groups is 2. The number of nitrogens with one attached hydrogen (secondary N) is 1. The second-order valence-corrected chi connectivity index (χ2v) is 4.52. The molecule has 1 unspecified atom stereocenters. The van der Waals surface area contributed by atoms with Crippen molar-refractivity contribution >= 4 is 23.6 Å². The number of hydrogen-bond donors (Lipinski definition) is 2. The largest absolute Gasteiger partial charge is 0.346 e. The summed E-state index contributed by atoms with van der Waals surface area (Å²) in [6, 6.07) is -0.535. The van der Waals surface area contributed by atoms with Gasteiger partial charge in [0, 0.05) is 31.5 Å². The molecule has 1 heterocycles. The third kappa shape index (κ3) is 4.37. The SMILES string of the molecule is CC(C)C(=O)C(CC1=NCN=C1)NC(=O)CCN. The van der Waals surface area contributed by atoms with Gasteiger partial charge in [0.25, 0.3) is 0 Å². The van der Waals surface area contributed by atoms with E-state index in [1.807, 2.05) is 13.8 Å². The monoisotopic (exact) mass is 252 g/mol. The fourth-order valence-electron chi connectivity index (χ4n) is 1.67. The predicted molar refractivity (Wildman–Crippen MR) is 70.9 cm³/mol. The van der Waals surface area contributed by atoms with Gasteiger partial charge in [-0.15, -0.1) is 0 Å². The fourth-order valence-corrected chi connectivity index (χ4v) is 1.67. The number of nitrogens with two attached hydrogens (primary N) is 1. The van der Waals surface area contributed by atoms with Gasteiger partial charge in [0.2, 0.25) is 5.91 Å². The van der Waals surface area contributed by atoms with Crippen LogP contribution in [0.4, 0.5) is 0 Å². The first-order valence-corrected chi connectivity index (χ1v) is 6.11. The highest BCUT2D eigenvalue weighted by atomic mass is 16.2. The van der Waals surface area contributed by atoms with Crippen LogP contribution in [0.15, 0.2) is 9.98 Å². The third-order valence-electron chi connectivity index (χ3n) is 2.63. The molecule has 0 aromatic heterocycles. The van der Waals surface area contributed by atoms with Gasteiger partial charge in [-0.1, -0.05) is 13.8 Å². The Kier molecular flexibility index (Phi) is 5.64. The summed E-state index contributed by atoms with van der Waals surface area (Å²) in [5, 5.41) is 2.71. The molecule has 0 aromatic rings. The Balaban J connectivity index is 2.65. The van der Waals surface area contributed by atoms with Gasteiger partial charge < -0.3 is 11.1 Å². The summed E-state index contributed by atoms with van der Waals surface area (Å²) < 4.78 is 0. The van der Waals surface area contributed by atoms with E-state index in [1.165, 1.54) is 0 Å². The third-order valence-corrected chi connectivity index (χ3v) is 2.63. The van der Waals surface area contributed by atoms with E-state index in [2.05, 4.69) is 15.3 Å².